The normalized spacial score (nSPS) is 24.9. The lowest BCUT2D eigenvalue weighted by Crippen LogP contribution is -2.44. The molecule has 3 rings (SSSR count). The topological polar surface area (TPSA) is 58.6 Å². The lowest BCUT2D eigenvalue weighted by Gasteiger charge is -2.39. The Morgan fingerprint density at radius 3 is 2.73 bits per heavy atom. The monoisotopic (exact) mass is 303 g/mol. The summed E-state index contributed by atoms with van der Waals surface area (Å²) in [4.78, 5) is 12.4. The minimum Gasteiger partial charge on any atom is -0.493 e. The SMILES string of the molecule is CC(C)(C)C(=O)NC(c1ccc2c(c1)CCO2)C1CC(O)C1. The van der Waals surface area contributed by atoms with Crippen molar-refractivity contribution in [1.29, 1.82) is 0 Å². The van der Waals surface area contributed by atoms with E-state index in [-0.39, 0.29) is 18.1 Å². The summed E-state index contributed by atoms with van der Waals surface area (Å²) in [7, 11) is 0. The van der Waals surface area contributed by atoms with Crippen molar-refractivity contribution in [2.45, 2.75) is 52.2 Å². The Morgan fingerprint density at radius 2 is 2.09 bits per heavy atom. The van der Waals surface area contributed by atoms with Crippen molar-refractivity contribution in [3.05, 3.63) is 29.3 Å². The third-order valence-corrected chi connectivity index (χ3v) is 4.66. The Kier molecular flexibility index (Phi) is 3.89. The maximum Gasteiger partial charge on any atom is 0.225 e. The summed E-state index contributed by atoms with van der Waals surface area (Å²) in [5, 5.41) is 12.8. The maximum absolute atomic E-state index is 12.4. The molecule has 1 aromatic rings. The molecule has 2 N–H and O–H groups in total. The van der Waals surface area contributed by atoms with Gasteiger partial charge in [0.1, 0.15) is 5.75 Å². The third-order valence-electron chi connectivity index (χ3n) is 4.66. The Labute approximate surface area is 131 Å². The van der Waals surface area contributed by atoms with Gasteiger partial charge in [-0.25, -0.2) is 0 Å². The second-order valence-electron chi connectivity index (χ2n) is 7.55. The molecular formula is C18H25NO3. The predicted molar refractivity (Wildman–Crippen MR) is 84.7 cm³/mol. The van der Waals surface area contributed by atoms with Crippen LogP contribution in [-0.4, -0.2) is 23.7 Å². The van der Waals surface area contributed by atoms with Crippen LogP contribution in [-0.2, 0) is 11.2 Å². The van der Waals surface area contributed by atoms with Crippen molar-refractivity contribution < 1.29 is 14.6 Å². The molecule has 0 bridgehead atoms. The summed E-state index contributed by atoms with van der Waals surface area (Å²) < 4.78 is 5.56. The predicted octanol–water partition coefficient (Wildman–Crippen LogP) is 2.60. The molecule has 4 heteroatoms. The van der Waals surface area contributed by atoms with Crippen LogP contribution in [0, 0.1) is 11.3 Å². The molecule has 1 amide bonds. The van der Waals surface area contributed by atoms with Gasteiger partial charge < -0.3 is 15.2 Å². The van der Waals surface area contributed by atoms with Gasteiger partial charge in [-0.2, -0.15) is 0 Å². The summed E-state index contributed by atoms with van der Waals surface area (Å²) in [5.41, 5.74) is 1.92. The van der Waals surface area contributed by atoms with Crippen LogP contribution < -0.4 is 10.1 Å². The standard InChI is InChI=1S/C18H25NO3/c1-18(2,3)17(21)19-16(13-9-14(20)10-13)12-4-5-15-11(8-12)6-7-22-15/h4-5,8,13-14,16,20H,6-7,9-10H2,1-3H3,(H,19,21). The van der Waals surface area contributed by atoms with Crippen LogP contribution in [0.3, 0.4) is 0 Å². The third kappa shape index (κ3) is 2.98. The minimum atomic E-state index is -0.416. The van der Waals surface area contributed by atoms with Crippen LogP contribution in [0.25, 0.3) is 0 Å². The molecule has 1 aromatic carbocycles. The molecule has 2 aliphatic rings. The van der Waals surface area contributed by atoms with E-state index in [1.165, 1.54) is 5.56 Å². The van der Waals surface area contributed by atoms with Gasteiger partial charge in [0, 0.05) is 11.8 Å². The number of hydrogen-bond donors (Lipinski definition) is 2. The highest BCUT2D eigenvalue weighted by Gasteiger charge is 2.37. The van der Waals surface area contributed by atoms with Crippen molar-refractivity contribution >= 4 is 5.91 Å². The van der Waals surface area contributed by atoms with Crippen molar-refractivity contribution in [2.75, 3.05) is 6.61 Å². The highest BCUT2D eigenvalue weighted by atomic mass is 16.5. The van der Waals surface area contributed by atoms with Crippen LogP contribution in [0.4, 0.5) is 0 Å². The molecular weight excluding hydrogens is 278 g/mol. The van der Waals surface area contributed by atoms with Gasteiger partial charge in [-0.15, -0.1) is 0 Å². The number of carbonyl (C=O) groups is 1. The van der Waals surface area contributed by atoms with Gasteiger partial charge >= 0.3 is 0 Å². The summed E-state index contributed by atoms with van der Waals surface area (Å²) in [6.07, 6.45) is 2.21. The number of ether oxygens (including phenoxy) is 1. The van der Waals surface area contributed by atoms with Crippen LogP contribution in [0.1, 0.15) is 50.8 Å². The lowest BCUT2D eigenvalue weighted by atomic mass is 9.74. The summed E-state index contributed by atoms with van der Waals surface area (Å²) in [6, 6.07) is 6.17. The largest absolute Gasteiger partial charge is 0.493 e. The number of benzene rings is 1. The first kappa shape index (κ1) is 15.3. The molecule has 0 aromatic heterocycles. The lowest BCUT2D eigenvalue weighted by molar-refractivity contribution is -0.130. The second-order valence-corrected chi connectivity index (χ2v) is 7.55. The van der Waals surface area contributed by atoms with Crippen LogP contribution in [0.5, 0.6) is 5.75 Å². The number of aliphatic hydroxyl groups is 1. The molecule has 22 heavy (non-hydrogen) atoms. The van der Waals surface area contributed by atoms with Crippen LogP contribution in [0.15, 0.2) is 18.2 Å². The fourth-order valence-corrected chi connectivity index (χ4v) is 3.13. The number of amides is 1. The average molecular weight is 303 g/mol. The number of fused-ring (bicyclic) bond motifs is 1. The average Bonchev–Trinajstić information content (AvgIpc) is 2.87. The Bertz CT molecular complexity index is 570. The highest BCUT2D eigenvalue weighted by molar-refractivity contribution is 5.81. The van der Waals surface area contributed by atoms with E-state index in [9.17, 15) is 9.90 Å². The first-order chi connectivity index (χ1) is 10.3. The number of hydrogen-bond acceptors (Lipinski definition) is 3. The molecule has 1 heterocycles. The van der Waals surface area contributed by atoms with Gasteiger partial charge in [-0.1, -0.05) is 26.8 Å². The zero-order valence-corrected chi connectivity index (χ0v) is 13.6. The molecule has 0 saturated heterocycles. The zero-order valence-electron chi connectivity index (χ0n) is 13.6. The van der Waals surface area contributed by atoms with Crippen molar-refractivity contribution in [1.82, 2.24) is 5.32 Å². The van der Waals surface area contributed by atoms with E-state index in [2.05, 4.69) is 11.4 Å². The van der Waals surface area contributed by atoms with E-state index >= 15 is 0 Å². The molecule has 1 aliphatic carbocycles. The first-order valence-corrected chi connectivity index (χ1v) is 8.09. The van der Waals surface area contributed by atoms with E-state index in [0.717, 1.165) is 37.2 Å². The summed E-state index contributed by atoms with van der Waals surface area (Å²) in [6.45, 7) is 6.50. The highest BCUT2D eigenvalue weighted by Crippen LogP contribution is 2.40. The van der Waals surface area contributed by atoms with Crippen molar-refractivity contribution in [3.8, 4) is 5.75 Å². The smallest absolute Gasteiger partial charge is 0.225 e. The molecule has 4 nitrogen and oxygen atoms in total. The van der Waals surface area contributed by atoms with Gasteiger partial charge in [0.05, 0.1) is 18.8 Å². The van der Waals surface area contributed by atoms with Gasteiger partial charge in [-0.3, -0.25) is 4.79 Å². The van der Waals surface area contributed by atoms with E-state index < -0.39 is 5.41 Å². The maximum atomic E-state index is 12.4. The van der Waals surface area contributed by atoms with Gasteiger partial charge in [0.15, 0.2) is 0 Å². The van der Waals surface area contributed by atoms with Gasteiger partial charge in [-0.05, 0) is 42.0 Å². The first-order valence-electron chi connectivity index (χ1n) is 8.09. The van der Waals surface area contributed by atoms with E-state index in [1.807, 2.05) is 32.9 Å². The van der Waals surface area contributed by atoms with E-state index in [1.54, 1.807) is 0 Å². The number of rotatable bonds is 3. The number of nitrogens with one attached hydrogen (secondary N) is 1. The Balaban J connectivity index is 1.83. The zero-order chi connectivity index (χ0) is 15.9. The molecule has 0 spiro atoms. The van der Waals surface area contributed by atoms with Crippen molar-refractivity contribution in [3.63, 3.8) is 0 Å². The number of carbonyl (C=O) groups excluding carboxylic acids is 1. The molecule has 0 radical (unpaired) electrons. The summed E-state index contributed by atoms with van der Waals surface area (Å²) >= 11 is 0. The molecule has 1 atom stereocenters. The molecule has 1 fully saturated rings. The van der Waals surface area contributed by atoms with E-state index in [0.29, 0.717) is 5.92 Å². The molecule has 1 aliphatic heterocycles. The number of aliphatic hydroxyl groups excluding tert-OH is 1. The van der Waals surface area contributed by atoms with E-state index in [4.69, 9.17) is 4.74 Å². The Morgan fingerprint density at radius 1 is 1.36 bits per heavy atom. The quantitative estimate of drug-likeness (QED) is 0.902. The van der Waals surface area contributed by atoms with Crippen LogP contribution >= 0.6 is 0 Å². The second kappa shape index (κ2) is 5.58. The van der Waals surface area contributed by atoms with Crippen molar-refractivity contribution in [2.24, 2.45) is 11.3 Å². The molecule has 1 unspecified atom stereocenters. The Hall–Kier alpha value is -1.55. The minimum absolute atomic E-state index is 0.0268. The van der Waals surface area contributed by atoms with Crippen LogP contribution in [0.2, 0.25) is 0 Å². The fraction of sp³-hybridized carbons (Fsp3) is 0.611. The fourth-order valence-electron chi connectivity index (χ4n) is 3.13. The summed E-state index contributed by atoms with van der Waals surface area (Å²) in [5.74, 6) is 1.32. The molecule has 120 valence electrons. The van der Waals surface area contributed by atoms with Gasteiger partial charge in [0.2, 0.25) is 5.91 Å². The molecule has 1 saturated carbocycles. The van der Waals surface area contributed by atoms with Gasteiger partial charge in [0.25, 0.3) is 0 Å².